The van der Waals surface area contributed by atoms with Crippen LogP contribution >= 0.6 is 0 Å². The van der Waals surface area contributed by atoms with Gasteiger partial charge in [-0.25, -0.2) is 4.79 Å². The van der Waals surface area contributed by atoms with E-state index in [1.165, 1.54) is 11.0 Å². The van der Waals surface area contributed by atoms with Crippen LogP contribution in [0, 0.1) is 6.92 Å². The molecule has 1 fully saturated rings. The summed E-state index contributed by atoms with van der Waals surface area (Å²) in [6.45, 7) is 2.20. The van der Waals surface area contributed by atoms with Crippen molar-refractivity contribution in [1.82, 2.24) is 4.90 Å². The smallest absolute Gasteiger partial charge is 0.410 e. The molecule has 0 aromatic heterocycles. The normalized spacial score (nSPS) is 16.6. The van der Waals surface area contributed by atoms with Gasteiger partial charge in [0.05, 0.1) is 25.1 Å². The van der Waals surface area contributed by atoms with Crippen LogP contribution in [0.1, 0.15) is 5.56 Å². The third-order valence-electron chi connectivity index (χ3n) is 4.41. The number of nitrogens with zero attached hydrogens (tertiary/aromatic N) is 1. The molecule has 0 aliphatic carbocycles. The molecular weight excluding hydrogens is 398 g/mol. The fourth-order valence-electron chi connectivity index (χ4n) is 2.91. The van der Waals surface area contributed by atoms with Gasteiger partial charge in [0.25, 0.3) is 10.1 Å². The summed E-state index contributed by atoms with van der Waals surface area (Å²) < 4.78 is 45.9. The summed E-state index contributed by atoms with van der Waals surface area (Å²) in [4.78, 5) is 13.6. The summed E-state index contributed by atoms with van der Waals surface area (Å²) in [5.74, 6) is 1.18. The van der Waals surface area contributed by atoms with E-state index in [2.05, 4.69) is 0 Å². The van der Waals surface area contributed by atoms with Gasteiger partial charge < -0.3 is 19.1 Å². The largest absolute Gasteiger partial charge is 0.493 e. The van der Waals surface area contributed by atoms with Gasteiger partial charge >= 0.3 is 6.09 Å². The molecule has 1 aliphatic heterocycles. The zero-order valence-electron chi connectivity index (χ0n) is 16.2. The Kier molecular flexibility index (Phi) is 6.60. The second kappa shape index (κ2) is 9.15. The molecule has 2 aromatic rings. The average molecular weight is 421 g/mol. The van der Waals surface area contributed by atoms with Gasteiger partial charge in [-0.1, -0.05) is 30.3 Å². The first kappa shape index (κ1) is 20.9. The fraction of sp³-hybridized carbons (Fsp3) is 0.350. The standard InChI is InChI=1S/C20H23NO7S/c1-15-7-3-6-10-19(15)29(23,24)27-14-16-13-21(20(22)28-16)11-12-26-18-9-5-4-8-17(18)25-2/h3-10,16H,11-14H2,1-2H3/t16-/m1/s1. The first-order chi connectivity index (χ1) is 13.9. The predicted octanol–water partition coefficient (Wildman–Crippen LogP) is 2.61. The van der Waals surface area contributed by atoms with Crippen LogP contribution in [0.3, 0.4) is 0 Å². The van der Waals surface area contributed by atoms with E-state index in [1.54, 1.807) is 44.4 Å². The number of benzene rings is 2. The van der Waals surface area contributed by atoms with E-state index in [0.717, 1.165) is 0 Å². The van der Waals surface area contributed by atoms with Crippen molar-refractivity contribution >= 4 is 16.2 Å². The molecule has 0 unspecified atom stereocenters. The van der Waals surface area contributed by atoms with Gasteiger partial charge in [0.1, 0.15) is 19.3 Å². The van der Waals surface area contributed by atoms with Gasteiger partial charge in [-0.2, -0.15) is 8.42 Å². The van der Waals surface area contributed by atoms with E-state index in [9.17, 15) is 13.2 Å². The molecule has 0 N–H and O–H groups in total. The van der Waals surface area contributed by atoms with Crippen molar-refractivity contribution in [3.8, 4) is 11.5 Å². The van der Waals surface area contributed by atoms with Crippen LogP contribution in [0.4, 0.5) is 4.79 Å². The average Bonchev–Trinajstić information content (AvgIpc) is 3.07. The SMILES string of the molecule is COc1ccccc1OCCN1C[C@H](COS(=O)(=O)c2ccccc2C)OC1=O. The van der Waals surface area contributed by atoms with Gasteiger partial charge in [0, 0.05) is 0 Å². The Balaban J connectivity index is 1.49. The van der Waals surface area contributed by atoms with Gasteiger partial charge in [0.15, 0.2) is 11.5 Å². The highest BCUT2D eigenvalue weighted by atomic mass is 32.2. The van der Waals surface area contributed by atoms with Crippen molar-refractivity contribution in [2.45, 2.75) is 17.9 Å². The number of carbonyl (C=O) groups excluding carboxylic acids is 1. The Bertz CT molecular complexity index is 961. The van der Waals surface area contributed by atoms with Crippen LogP contribution in [0.5, 0.6) is 11.5 Å². The second-order valence-electron chi connectivity index (χ2n) is 6.46. The Morgan fingerprint density at radius 2 is 1.79 bits per heavy atom. The number of aryl methyl sites for hydroxylation is 1. The van der Waals surface area contributed by atoms with Crippen LogP contribution in [-0.2, 0) is 19.0 Å². The molecule has 2 aromatic carbocycles. The second-order valence-corrected chi connectivity index (χ2v) is 8.04. The first-order valence-electron chi connectivity index (χ1n) is 9.07. The van der Waals surface area contributed by atoms with Crippen molar-refractivity contribution in [2.24, 2.45) is 0 Å². The van der Waals surface area contributed by atoms with Gasteiger partial charge in [0.2, 0.25) is 0 Å². The lowest BCUT2D eigenvalue weighted by atomic mass is 10.2. The maximum absolute atomic E-state index is 12.4. The molecule has 1 aliphatic rings. The molecule has 156 valence electrons. The highest BCUT2D eigenvalue weighted by molar-refractivity contribution is 7.86. The summed E-state index contributed by atoms with van der Waals surface area (Å²) in [5, 5.41) is 0. The number of hydrogen-bond donors (Lipinski definition) is 0. The molecule has 1 atom stereocenters. The maximum Gasteiger partial charge on any atom is 0.410 e. The molecule has 3 rings (SSSR count). The summed E-state index contributed by atoms with van der Waals surface area (Å²) in [6, 6.07) is 13.8. The molecule has 1 saturated heterocycles. The van der Waals surface area contributed by atoms with Crippen molar-refractivity contribution in [1.29, 1.82) is 0 Å². The molecule has 0 saturated carbocycles. The Morgan fingerprint density at radius 1 is 1.10 bits per heavy atom. The molecule has 0 spiro atoms. The Labute approximate surface area is 170 Å². The summed E-state index contributed by atoms with van der Waals surface area (Å²) in [5.41, 5.74) is 0.589. The topological polar surface area (TPSA) is 91.4 Å². The molecule has 1 amide bonds. The summed E-state index contributed by atoms with van der Waals surface area (Å²) in [6.07, 6.45) is -1.21. The van der Waals surface area contributed by atoms with Crippen molar-refractivity contribution in [3.63, 3.8) is 0 Å². The maximum atomic E-state index is 12.4. The minimum Gasteiger partial charge on any atom is -0.493 e. The Morgan fingerprint density at radius 3 is 2.52 bits per heavy atom. The van der Waals surface area contributed by atoms with Gasteiger partial charge in [-0.3, -0.25) is 4.18 Å². The number of ether oxygens (including phenoxy) is 3. The van der Waals surface area contributed by atoms with Crippen LogP contribution < -0.4 is 9.47 Å². The molecule has 29 heavy (non-hydrogen) atoms. The summed E-state index contributed by atoms with van der Waals surface area (Å²) >= 11 is 0. The molecule has 0 radical (unpaired) electrons. The van der Waals surface area contributed by atoms with Crippen LogP contribution in [0.15, 0.2) is 53.4 Å². The quantitative estimate of drug-likeness (QED) is 0.575. The molecular formula is C20H23NO7S. The summed E-state index contributed by atoms with van der Waals surface area (Å²) in [7, 11) is -2.37. The number of amides is 1. The Hall–Kier alpha value is -2.78. The highest BCUT2D eigenvalue weighted by Crippen LogP contribution is 2.26. The van der Waals surface area contributed by atoms with Crippen LogP contribution in [0.25, 0.3) is 0 Å². The lowest BCUT2D eigenvalue weighted by Crippen LogP contribution is -2.30. The fourth-order valence-corrected chi connectivity index (χ4v) is 4.08. The van der Waals surface area contributed by atoms with Gasteiger partial charge in [-0.15, -0.1) is 0 Å². The lowest BCUT2D eigenvalue weighted by molar-refractivity contribution is 0.104. The third kappa shape index (κ3) is 5.18. The van der Waals surface area contributed by atoms with E-state index < -0.39 is 22.3 Å². The zero-order valence-corrected chi connectivity index (χ0v) is 17.1. The van der Waals surface area contributed by atoms with Crippen LogP contribution in [-0.4, -0.2) is 58.9 Å². The van der Waals surface area contributed by atoms with E-state index in [-0.39, 0.29) is 31.2 Å². The van der Waals surface area contributed by atoms with E-state index in [4.69, 9.17) is 18.4 Å². The number of cyclic esters (lactones) is 1. The minimum absolute atomic E-state index is 0.103. The first-order valence-corrected chi connectivity index (χ1v) is 10.5. The number of carbonyl (C=O) groups is 1. The lowest BCUT2D eigenvalue weighted by Gasteiger charge is -2.15. The van der Waals surface area contributed by atoms with Crippen molar-refractivity contribution in [3.05, 3.63) is 54.1 Å². The molecule has 0 bridgehead atoms. The van der Waals surface area contributed by atoms with Crippen molar-refractivity contribution < 1.29 is 31.6 Å². The number of para-hydroxylation sites is 2. The van der Waals surface area contributed by atoms with Crippen LogP contribution in [0.2, 0.25) is 0 Å². The van der Waals surface area contributed by atoms with E-state index >= 15 is 0 Å². The van der Waals surface area contributed by atoms with E-state index in [0.29, 0.717) is 17.1 Å². The van der Waals surface area contributed by atoms with E-state index in [1.807, 2.05) is 12.1 Å². The highest BCUT2D eigenvalue weighted by Gasteiger charge is 2.33. The van der Waals surface area contributed by atoms with Gasteiger partial charge in [-0.05, 0) is 30.7 Å². The van der Waals surface area contributed by atoms with Crippen molar-refractivity contribution in [2.75, 3.05) is 33.4 Å². The molecule has 1 heterocycles. The predicted molar refractivity (Wildman–Crippen MR) is 105 cm³/mol. The third-order valence-corrected chi connectivity index (χ3v) is 5.85. The monoisotopic (exact) mass is 421 g/mol. The molecule has 8 nitrogen and oxygen atoms in total. The zero-order chi connectivity index (χ0) is 20.9. The minimum atomic E-state index is -3.92. The number of rotatable bonds is 9. The number of methoxy groups -OCH3 is 1. The molecule has 9 heteroatoms. The number of hydrogen-bond acceptors (Lipinski definition) is 7.